The van der Waals surface area contributed by atoms with Crippen molar-refractivity contribution in [1.82, 2.24) is 0 Å². The summed E-state index contributed by atoms with van der Waals surface area (Å²) in [5.41, 5.74) is 2.50. The van der Waals surface area contributed by atoms with Crippen LogP contribution in [-0.2, 0) is 6.42 Å². The molecule has 0 atom stereocenters. The van der Waals surface area contributed by atoms with E-state index in [4.69, 9.17) is 4.74 Å². The van der Waals surface area contributed by atoms with Gasteiger partial charge in [0.25, 0.3) is 5.91 Å². The highest BCUT2D eigenvalue weighted by molar-refractivity contribution is 6.04. The van der Waals surface area contributed by atoms with Gasteiger partial charge in [-0.2, -0.15) is 5.06 Å². The van der Waals surface area contributed by atoms with Gasteiger partial charge in [-0.25, -0.2) is 0 Å². The van der Waals surface area contributed by atoms with E-state index in [1.165, 1.54) is 0 Å². The van der Waals surface area contributed by atoms with Gasteiger partial charge in [0.15, 0.2) is 5.78 Å². The number of benzene rings is 3. The third-order valence-corrected chi connectivity index (χ3v) is 4.53. The summed E-state index contributed by atoms with van der Waals surface area (Å²) in [7, 11) is 0. The first-order valence-corrected chi connectivity index (χ1v) is 8.64. The van der Waals surface area contributed by atoms with Crippen LogP contribution < -0.4 is 9.80 Å². The van der Waals surface area contributed by atoms with Gasteiger partial charge in [0.2, 0.25) is 0 Å². The lowest BCUT2D eigenvalue weighted by Crippen LogP contribution is -2.26. The number of hydrogen-bond acceptors (Lipinski definition) is 4. The SMILES string of the molecule is O=C1CCc2ccc(Oc3ccc(N(O)C(=O)c4ccccc4)cc3)cc21. The molecule has 134 valence electrons. The van der Waals surface area contributed by atoms with Crippen molar-refractivity contribution in [2.75, 3.05) is 5.06 Å². The molecule has 0 heterocycles. The van der Waals surface area contributed by atoms with Crippen LogP contribution in [0.2, 0.25) is 0 Å². The van der Waals surface area contributed by atoms with E-state index in [2.05, 4.69) is 0 Å². The van der Waals surface area contributed by atoms with Gasteiger partial charge in [-0.05, 0) is 60.5 Å². The zero-order chi connectivity index (χ0) is 18.8. The molecule has 0 spiro atoms. The topological polar surface area (TPSA) is 66.8 Å². The van der Waals surface area contributed by atoms with Gasteiger partial charge in [-0.3, -0.25) is 14.8 Å². The lowest BCUT2D eigenvalue weighted by atomic mass is 10.1. The maximum absolute atomic E-state index is 12.3. The van der Waals surface area contributed by atoms with Gasteiger partial charge in [-0.15, -0.1) is 0 Å². The molecule has 27 heavy (non-hydrogen) atoms. The molecule has 1 aliphatic carbocycles. The number of nitrogens with zero attached hydrogens (tertiary/aromatic N) is 1. The quantitative estimate of drug-likeness (QED) is 0.544. The molecule has 0 bridgehead atoms. The van der Waals surface area contributed by atoms with Crippen molar-refractivity contribution < 1.29 is 19.5 Å². The molecule has 0 radical (unpaired) electrons. The smallest absolute Gasteiger partial charge is 0.281 e. The summed E-state index contributed by atoms with van der Waals surface area (Å²) in [4.78, 5) is 24.1. The standard InChI is InChI=1S/C22H17NO4/c24-21-13-7-15-6-10-19(14-20(15)21)27-18-11-8-17(9-12-18)23(26)22(25)16-4-2-1-3-5-16/h1-6,8-12,14,26H,7,13H2. The lowest BCUT2D eigenvalue weighted by Gasteiger charge is -2.15. The van der Waals surface area contributed by atoms with Gasteiger partial charge >= 0.3 is 0 Å². The van der Waals surface area contributed by atoms with Crippen LogP contribution in [0.3, 0.4) is 0 Å². The Hall–Kier alpha value is -3.44. The second kappa shape index (κ2) is 7.05. The molecule has 3 aromatic rings. The first-order valence-electron chi connectivity index (χ1n) is 8.64. The van der Waals surface area contributed by atoms with Crippen molar-refractivity contribution >= 4 is 17.4 Å². The van der Waals surface area contributed by atoms with Crippen LogP contribution >= 0.6 is 0 Å². The fourth-order valence-electron chi connectivity index (χ4n) is 3.09. The van der Waals surface area contributed by atoms with Crippen LogP contribution in [0.1, 0.15) is 32.7 Å². The van der Waals surface area contributed by atoms with E-state index in [0.717, 1.165) is 17.5 Å². The molecule has 5 heteroatoms. The van der Waals surface area contributed by atoms with E-state index < -0.39 is 5.91 Å². The molecule has 4 rings (SSSR count). The first kappa shape index (κ1) is 17.0. The fraction of sp³-hybridized carbons (Fsp3) is 0.0909. The number of anilines is 1. The Balaban J connectivity index is 1.49. The number of aryl methyl sites for hydroxylation is 1. The van der Waals surface area contributed by atoms with E-state index in [-0.39, 0.29) is 5.78 Å². The van der Waals surface area contributed by atoms with Crippen molar-refractivity contribution in [3.05, 3.63) is 89.5 Å². The van der Waals surface area contributed by atoms with Crippen molar-refractivity contribution in [1.29, 1.82) is 0 Å². The van der Waals surface area contributed by atoms with E-state index in [9.17, 15) is 14.8 Å². The summed E-state index contributed by atoms with van der Waals surface area (Å²) in [5.74, 6) is 0.755. The third-order valence-electron chi connectivity index (χ3n) is 4.53. The minimum absolute atomic E-state index is 0.140. The Kier molecular flexibility index (Phi) is 4.44. The molecule has 0 fully saturated rings. The largest absolute Gasteiger partial charge is 0.457 e. The van der Waals surface area contributed by atoms with Crippen molar-refractivity contribution in [2.45, 2.75) is 12.8 Å². The van der Waals surface area contributed by atoms with Crippen molar-refractivity contribution in [2.24, 2.45) is 0 Å². The maximum Gasteiger partial charge on any atom is 0.281 e. The number of hydrogen-bond donors (Lipinski definition) is 1. The van der Waals surface area contributed by atoms with E-state index in [0.29, 0.717) is 34.2 Å². The van der Waals surface area contributed by atoms with Gasteiger partial charge in [-0.1, -0.05) is 24.3 Å². The number of hydroxylamine groups is 1. The Morgan fingerprint density at radius 3 is 2.33 bits per heavy atom. The number of carbonyl (C=O) groups excluding carboxylic acids is 2. The Labute approximate surface area is 156 Å². The Bertz CT molecular complexity index is 997. The first-order chi connectivity index (χ1) is 13.1. The lowest BCUT2D eigenvalue weighted by molar-refractivity contribution is 0.0854. The molecule has 0 saturated carbocycles. The zero-order valence-electron chi connectivity index (χ0n) is 14.5. The number of ether oxygens (including phenoxy) is 1. The van der Waals surface area contributed by atoms with Crippen LogP contribution in [-0.4, -0.2) is 16.9 Å². The van der Waals surface area contributed by atoms with Crippen LogP contribution in [0.15, 0.2) is 72.8 Å². The second-order valence-electron chi connectivity index (χ2n) is 6.32. The summed E-state index contributed by atoms with van der Waals surface area (Å²) in [6.45, 7) is 0. The summed E-state index contributed by atoms with van der Waals surface area (Å²) in [6, 6.07) is 20.6. The summed E-state index contributed by atoms with van der Waals surface area (Å²) in [5, 5.41) is 10.8. The highest BCUT2D eigenvalue weighted by atomic mass is 16.5. The molecule has 1 amide bonds. The monoisotopic (exact) mass is 359 g/mol. The number of amides is 1. The summed E-state index contributed by atoms with van der Waals surface area (Å²) >= 11 is 0. The van der Waals surface area contributed by atoms with E-state index in [1.54, 1.807) is 60.7 Å². The summed E-state index contributed by atoms with van der Waals surface area (Å²) < 4.78 is 5.79. The third kappa shape index (κ3) is 3.45. The van der Waals surface area contributed by atoms with Gasteiger partial charge in [0.1, 0.15) is 11.5 Å². The summed E-state index contributed by atoms with van der Waals surface area (Å²) in [6.07, 6.45) is 1.33. The highest BCUT2D eigenvalue weighted by Gasteiger charge is 2.20. The molecular weight excluding hydrogens is 342 g/mol. The highest BCUT2D eigenvalue weighted by Crippen LogP contribution is 2.30. The number of Topliss-reactive ketones (excluding diaryl/α,β-unsaturated/α-hetero) is 1. The Morgan fingerprint density at radius 2 is 1.59 bits per heavy atom. The van der Waals surface area contributed by atoms with Crippen LogP contribution in [0.4, 0.5) is 5.69 Å². The molecular formula is C22H17NO4. The average molecular weight is 359 g/mol. The molecule has 0 aliphatic heterocycles. The maximum atomic E-state index is 12.3. The number of carbonyl (C=O) groups is 2. The van der Waals surface area contributed by atoms with E-state index >= 15 is 0 Å². The van der Waals surface area contributed by atoms with Gasteiger partial charge in [0, 0.05) is 17.5 Å². The normalized spacial score (nSPS) is 12.6. The molecule has 0 aromatic heterocycles. The predicted octanol–water partition coefficient (Wildman–Crippen LogP) is 4.64. The predicted molar refractivity (Wildman–Crippen MR) is 101 cm³/mol. The minimum atomic E-state index is -0.513. The van der Waals surface area contributed by atoms with Crippen molar-refractivity contribution in [3.63, 3.8) is 0 Å². The number of fused-ring (bicyclic) bond motifs is 1. The van der Waals surface area contributed by atoms with Crippen molar-refractivity contribution in [3.8, 4) is 11.5 Å². The zero-order valence-corrected chi connectivity index (χ0v) is 14.5. The van der Waals surface area contributed by atoms with Crippen LogP contribution in [0.25, 0.3) is 0 Å². The molecule has 1 N–H and O–H groups in total. The Morgan fingerprint density at radius 1 is 0.889 bits per heavy atom. The van der Waals surface area contributed by atoms with Crippen LogP contribution in [0, 0.1) is 0 Å². The average Bonchev–Trinajstić information content (AvgIpc) is 3.08. The molecule has 1 aliphatic rings. The van der Waals surface area contributed by atoms with Gasteiger partial charge < -0.3 is 4.74 Å². The molecule has 0 saturated heterocycles. The van der Waals surface area contributed by atoms with Crippen LogP contribution in [0.5, 0.6) is 11.5 Å². The molecule has 0 unspecified atom stereocenters. The fourth-order valence-corrected chi connectivity index (χ4v) is 3.09. The number of ketones is 1. The van der Waals surface area contributed by atoms with E-state index in [1.807, 2.05) is 12.1 Å². The second-order valence-corrected chi connectivity index (χ2v) is 6.32. The molecule has 3 aromatic carbocycles. The minimum Gasteiger partial charge on any atom is -0.457 e. The molecule has 5 nitrogen and oxygen atoms in total. The number of rotatable bonds is 4. The van der Waals surface area contributed by atoms with Gasteiger partial charge in [0.05, 0.1) is 5.69 Å².